The molecule has 4 nitrogen and oxygen atoms in total. The highest BCUT2D eigenvalue weighted by atomic mass is 16.2. The molecule has 3 N–H and O–H groups in total. The Morgan fingerprint density at radius 3 is 3.05 bits per heavy atom. The average Bonchev–Trinajstić information content (AvgIpc) is 3.22. The number of aromatic nitrogens is 1. The molecular formula is C15H21N3O. The predicted molar refractivity (Wildman–Crippen MR) is 73.5 cm³/mol. The highest BCUT2D eigenvalue weighted by molar-refractivity contribution is 5.82. The van der Waals surface area contributed by atoms with E-state index in [2.05, 4.69) is 16.4 Å². The van der Waals surface area contributed by atoms with E-state index in [9.17, 15) is 4.79 Å². The van der Waals surface area contributed by atoms with Crippen molar-refractivity contribution in [2.45, 2.75) is 44.1 Å². The summed E-state index contributed by atoms with van der Waals surface area (Å²) in [5.41, 5.74) is 8.40. The van der Waals surface area contributed by atoms with Crippen molar-refractivity contribution in [3.8, 4) is 0 Å². The lowest BCUT2D eigenvalue weighted by Crippen LogP contribution is -2.26. The van der Waals surface area contributed by atoms with E-state index in [-0.39, 0.29) is 17.9 Å². The molecule has 2 unspecified atom stereocenters. The van der Waals surface area contributed by atoms with Crippen molar-refractivity contribution in [1.82, 2.24) is 10.3 Å². The molecule has 102 valence electrons. The molecule has 1 amide bonds. The number of rotatable bonds is 0. The van der Waals surface area contributed by atoms with Crippen LogP contribution in [-0.2, 0) is 4.79 Å². The van der Waals surface area contributed by atoms with Crippen molar-refractivity contribution in [2.24, 2.45) is 11.7 Å². The minimum Gasteiger partial charge on any atom is -0.356 e. The first kappa shape index (κ1) is 12.6. The molecule has 1 fully saturated rings. The Kier molecular flexibility index (Phi) is 3.51. The fraction of sp³-hybridized carbons (Fsp3) is 0.600. The first-order chi connectivity index (χ1) is 9.25. The zero-order chi connectivity index (χ0) is 13.2. The van der Waals surface area contributed by atoms with Gasteiger partial charge in [0.05, 0.1) is 5.69 Å². The zero-order valence-corrected chi connectivity index (χ0v) is 11.1. The molecule has 2 heterocycles. The molecule has 1 aromatic heterocycles. The standard InChI is InChI=1S/C15H21N3O/c16-13-4-2-1-3-6-18-15(19)12-9-11(12)10-5-7-17-14(13)8-10/h5,7-8,11-13H,1-4,6,9,16H2,(H,18,19)/t11?,12?,13-/m0/s1. The largest absolute Gasteiger partial charge is 0.356 e. The summed E-state index contributed by atoms with van der Waals surface area (Å²) in [7, 11) is 0. The van der Waals surface area contributed by atoms with Gasteiger partial charge in [-0.25, -0.2) is 0 Å². The monoisotopic (exact) mass is 259 g/mol. The number of nitrogens with one attached hydrogen (secondary N) is 1. The molecule has 4 heteroatoms. The Morgan fingerprint density at radius 1 is 1.26 bits per heavy atom. The molecule has 1 aromatic rings. The van der Waals surface area contributed by atoms with Crippen molar-refractivity contribution >= 4 is 5.91 Å². The Bertz CT molecular complexity index is 474. The third kappa shape index (κ3) is 2.78. The minimum atomic E-state index is 0.0292. The molecule has 0 aromatic carbocycles. The van der Waals surface area contributed by atoms with Crippen LogP contribution in [0.25, 0.3) is 0 Å². The van der Waals surface area contributed by atoms with Crippen molar-refractivity contribution in [2.75, 3.05) is 6.54 Å². The number of amides is 1. The summed E-state index contributed by atoms with van der Waals surface area (Å²) < 4.78 is 0. The number of hydrogen-bond donors (Lipinski definition) is 2. The summed E-state index contributed by atoms with van der Waals surface area (Å²) in [5, 5.41) is 3.05. The SMILES string of the molecule is N[C@H]1CCCCCNC(=O)C2CC2c2ccnc1c2. The number of carbonyl (C=O) groups is 1. The van der Waals surface area contributed by atoms with Crippen LogP contribution in [0.5, 0.6) is 0 Å². The molecule has 19 heavy (non-hydrogen) atoms. The van der Waals surface area contributed by atoms with Crippen LogP contribution >= 0.6 is 0 Å². The van der Waals surface area contributed by atoms with E-state index in [1.54, 1.807) is 0 Å². The maximum atomic E-state index is 12.0. The average molecular weight is 259 g/mol. The number of pyridine rings is 1. The van der Waals surface area contributed by atoms with Gasteiger partial charge in [-0.15, -0.1) is 0 Å². The molecule has 0 radical (unpaired) electrons. The molecule has 1 aliphatic carbocycles. The maximum Gasteiger partial charge on any atom is 0.223 e. The molecule has 3 rings (SSSR count). The quantitative estimate of drug-likeness (QED) is 0.747. The Morgan fingerprint density at radius 2 is 2.16 bits per heavy atom. The molecule has 1 aliphatic heterocycles. The topological polar surface area (TPSA) is 68.0 Å². The first-order valence-corrected chi connectivity index (χ1v) is 7.25. The van der Waals surface area contributed by atoms with Crippen molar-refractivity contribution < 1.29 is 4.79 Å². The first-order valence-electron chi connectivity index (χ1n) is 7.25. The third-order valence-electron chi connectivity index (χ3n) is 4.23. The van der Waals surface area contributed by atoms with Gasteiger partial charge in [0.15, 0.2) is 0 Å². The molecule has 0 saturated heterocycles. The highest BCUT2D eigenvalue weighted by Crippen LogP contribution is 2.47. The predicted octanol–water partition coefficient (Wildman–Crippen LogP) is 1.88. The van der Waals surface area contributed by atoms with Gasteiger partial charge in [0.1, 0.15) is 0 Å². The van der Waals surface area contributed by atoms with Crippen molar-refractivity contribution in [3.05, 3.63) is 29.6 Å². The van der Waals surface area contributed by atoms with Crippen LogP contribution in [0.1, 0.15) is 55.3 Å². The normalized spacial score (nSPS) is 31.2. The van der Waals surface area contributed by atoms with Gasteiger partial charge in [-0.05, 0) is 42.9 Å². The molecule has 0 spiro atoms. The summed E-state index contributed by atoms with van der Waals surface area (Å²) >= 11 is 0. The van der Waals surface area contributed by atoms with E-state index in [4.69, 9.17) is 5.73 Å². The number of fused-ring (bicyclic) bond motifs is 4. The van der Waals surface area contributed by atoms with E-state index in [0.717, 1.165) is 44.3 Å². The number of hydrogen-bond acceptors (Lipinski definition) is 3. The number of nitrogens with two attached hydrogens (primary N) is 1. The Hall–Kier alpha value is -1.42. The second-order valence-electron chi connectivity index (χ2n) is 5.71. The minimum absolute atomic E-state index is 0.0292. The lowest BCUT2D eigenvalue weighted by molar-refractivity contribution is -0.122. The molecular weight excluding hydrogens is 238 g/mol. The van der Waals surface area contributed by atoms with Crippen LogP contribution in [0, 0.1) is 5.92 Å². The maximum absolute atomic E-state index is 12.0. The van der Waals surface area contributed by atoms with Gasteiger partial charge in [0.2, 0.25) is 5.91 Å². The van der Waals surface area contributed by atoms with Crippen molar-refractivity contribution in [3.63, 3.8) is 0 Å². The molecule has 1 saturated carbocycles. The third-order valence-corrected chi connectivity index (χ3v) is 4.23. The van der Waals surface area contributed by atoms with Gasteiger partial charge < -0.3 is 11.1 Å². The lowest BCUT2D eigenvalue weighted by atomic mass is 10.0. The van der Waals surface area contributed by atoms with Gasteiger partial charge in [0.25, 0.3) is 0 Å². The Balaban J connectivity index is 1.82. The van der Waals surface area contributed by atoms with Gasteiger partial charge in [-0.1, -0.05) is 12.8 Å². The van der Waals surface area contributed by atoms with Crippen LogP contribution in [-0.4, -0.2) is 17.4 Å². The zero-order valence-electron chi connectivity index (χ0n) is 11.1. The van der Waals surface area contributed by atoms with Crippen LogP contribution < -0.4 is 11.1 Å². The summed E-state index contributed by atoms with van der Waals surface area (Å²) in [6.07, 6.45) is 7.01. The molecule has 3 atom stereocenters. The van der Waals surface area contributed by atoms with Gasteiger partial charge >= 0.3 is 0 Å². The second-order valence-corrected chi connectivity index (χ2v) is 5.71. The van der Waals surface area contributed by atoms with E-state index >= 15 is 0 Å². The second kappa shape index (κ2) is 5.29. The summed E-state index contributed by atoms with van der Waals surface area (Å²) in [6.45, 7) is 0.799. The summed E-state index contributed by atoms with van der Waals surface area (Å²) in [6, 6.07) is 4.15. The fourth-order valence-electron chi connectivity index (χ4n) is 2.91. The van der Waals surface area contributed by atoms with E-state index < -0.39 is 0 Å². The van der Waals surface area contributed by atoms with Crippen LogP contribution in [0.3, 0.4) is 0 Å². The summed E-state index contributed by atoms with van der Waals surface area (Å²) in [5.74, 6) is 0.744. The van der Waals surface area contributed by atoms with Gasteiger partial charge in [0, 0.05) is 24.7 Å². The van der Waals surface area contributed by atoms with Gasteiger partial charge in [-0.3, -0.25) is 9.78 Å². The van der Waals surface area contributed by atoms with Crippen molar-refractivity contribution in [1.29, 1.82) is 0 Å². The molecule has 2 aliphatic rings. The van der Waals surface area contributed by atoms with E-state index in [1.165, 1.54) is 5.56 Å². The lowest BCUT2D eigenvalue weighted by Gasteiger charge is -2.11. The van der Waals surface area contributed by atoms with E-state index in [1.807, 2.05) is 12.3 Å². The summed E-state index contributed by atoms with van der Waals surface area (Å²) in [4.78, 5) is 16.4. The highest BCUT2D eigenvalue weighted by Gasteiger charge is 2.43. The number of nitrogens with zero attached hydrogens (tertiary/aromatic N) is 1. The van der Waals surface area contributed by atoms with Crippen LogP contribution in [0.15, 0.2) is 18.3 Å². The Labute approximate surface area is 113 Å². The molecule has 2 bridgehead atoms. The van der Waals surface area contributed by atoms with Crippen LogP contribution in [0.2, 0.25) is 0 Å². The van der Waals surface area contributed by atoms with Gasteiger partial charge in [-0.2, -0.15) is 0 Å². The van der Waals surface area contributed by atoms with Crippen LogP contribution in [0.4, 0.5) is 0 Å². The smallest absolute Gasteiger partial charge is 0.223 e. The fourth-order valence-corrected chi connectivity index (χ4v) is 2.91. The van der Waals surface area contributed by atoms with E-state index in [0.29, 0.717) is 5.92 Å². The number of carbonyl (C=O) groups excluding carboxylic acids is 1.